The summed E-state index contributed by atoms with van der Waals surface area (Å²) < 4.78 is 5.26. The van der Waals surface area contributed by atoms with Crippen LogP contribution >= 0.6 is 11.3 Å². The number of anilines is 3. The summed E-state index contributed by atoms with van der Waals surface area (Å²) >= 11 is 1.10. The second-order valence-electron chi connectivity index (χ2n) is 7.56. The van der Waals surface area contributed by atoms with Crippen LogP contribution in [0, 0.1) is 26.7 Å². The number of nitrogens with one attached hydrogen (secondary N) is 2. The van der Waals surface area contributed by atoms with Crippen LogP contribution in [0.4, 0.5) is 16.8 Å². The number of hydrogen-bond donors (Lipinski definition) is 2. The van der Waals surface area contributed by atoms with E-state index in [9.17, 15) is 9.59 Å². The van der Waals surface area contributed by atoms with Gasteiger partial charge in [-0.05, 0) is 51.0 Å². The summed E-state index contributed by atoms with van der Waals surface area (Å²) in [5.41, 5.74) is 3.35. The Morgan fingerprint density at radius 2 is 1.77 bits per heavy atom. The lowest BCUT2D eigenvalue weighted by atomic mass is 10.2. The normalized spacial score (nSPS) is 10.8. The van der Waals surface area contributed by atoms with Crippen LogP contribution in [0.15, 0.2) is 30.3 Å². The van der Waals surface area contributed by atoms with Gasteiger partial charge in [-0.15, -0.1) is 0 Å². The number of benzene rings is 1. The summed E-state index contributed by atoms with van der Waals surface area (Å²) in [6.45, 7) is 9.77. The van der Waals surface area contributed by atoms with Crippen LogP contribution in [0.25, 0.3) is 0 Å². The van der Waals surface area contributed by atoms with Crippen molar-refractivity contribution < 1.29 is 14.3 Å². The highest BCUT2D eigenvalue weighted by atomic mass is 32.1. The Hall–Kier alpha value is -3.33. The minimum Gasteiger partial charge on any atom is -0.461 e. The Labute approximate surface area is 185 Å². The SMILES string of the molecule is Cc1cc(C)nc(Nc2cccc(C(=O)Nc3nc(C)c(C(=O)OCC(C)C)s3)c2)n1. The van der Waals surface area contributed by atoms with E-state index >= 15 is 0 Å². The van der Waals surface area contributed by atoms with Crippen LogP contribution in [0.2, 0.25) is 0 Å². The molecule has 0 fully saturated rings. The van der Waals surface area contributed by atoms with E-state index in [0.717, 1.165) is 22.7 Å². The molecule has 3 aromatic rings. The van der Waals surface area contributed by atoms with Crippen molar-refractivity contribution in [3.63, 3.8) is 0 Å². The standard InChI is InChI=1S/C22H25N5O3S/c1-12(2)11-30-20(29)18-15(5)25-22(31-18)27-19(28)16-7-6-8-17(10-16)26-21-23-13(3)9-14(4)24-21/h6-10,12H,11H2,1-5H3,(H,23,24,26)(H,25,27,28). The molecule has 3 rings (SSSR count). The molecule has 0 aliphatic rings. The van der Waals surface area contributed by atoms with Gasteiger partial charge < -0.3 is 10.1 Å². The zero-order valence-corrected chi connectivity index (χ0v) is 19.0. The van der Waals surface area contributed by atoms with Crippen molar-refractivity contribution in [3.05, 3.63) is 57.9 Å². The van der Waals surface area contributed by atoms with Crippen LogP contribution in [0.5, 0.6) is 0 Å². The second-order valence-corrected chi connectivity index (χ2v) is 8.56. The quantitative estimate of drug-likeness (QED) is 0.515. The van der Waals surface area contributed by atoms with E-state index in [2.05, 4.69) is 25.6 Å². The predicted octanol–water partition coefficient (Wildman–Crippen LogP) is 4.67. The third-order valence-corrected chi connectivity index (χ3v) is 5.17. The van der Waals surface area contributed by atoms with Crippen molar-refractivity contribution in [2.45, 2.75) is 34.6 Å². The zero-order valence-electron chi connectivity index (χ0n) is 18.1. The molecule has 0 radical (unpaired) electrons. The number of ether oxygens (including phenoxy) is 1. The fraction of sp³-hybridized carbons (Fsp3) is 0.318. The maximum absolute atomic E-state index is 12.7. The maximum atomic E-state index is 12.7. The Kier molecular flexibility index (Phi) is 6.96. The van der Waals surface area contributed by atoms with E-state index in [1.807, 2.05) is 39.8 Å². The molecule has 0 aliphatic heterocycles. The number of esters is 1. The van der Waals surface area contributed by atoms with Crippen molar-refractivity contribution in [1.82, 2.24) is 15.0 Å². The summed E-state index contributed by atoms with van der Waals surface area (Å²) in [6.07, 6.45) is 0. The number of amides is 1. The fourth-order valence-electron chi connectivity index (χ4n) is 2.77. The summed E-state index contributed by atoms with van der Waals surface area (Å²) in [4.78, 5) is 38.3. The minimum atomic E-state index is -0.427. The number of nitrogens with zero attached hydrogens (tertiary/aromatic N) is 3. The molecular formula is C22H25N5O3S. The fourth-order valence-corrected chi connectivity index (χ4v) is 3.62. The molecule has 0 aliphatic carbocycles. The molecule has 162 valence electrons. The number of thiazole rings is 1. The molecule has 2 N–H and O–H groups in total. The van der Waals surface area contributed by atoms with Gasteiger partial charge >= 0.3 is 5.97 Å². The molecule has 0 atom stereocenters. The van der Waals surface area contributed by atoms with Crippen LogP contribution < -0.4 is 10.6 Å². The molecule has 2 aromatic heterocycles. The molecule has 0 bridgehead atoms. The minimum absolute atomic E-state index is 0.242. The first kappa shape index (κ1) is 22.4. The first-order valence-corrected chi connectivity index (χ1v) is 10.7. The lowest BCUT2D eigenvalue weighted by molar-refractivity contribution is 0.0463. The summed E-state index contributed by atoms with van der Waals surface area (Å²) in [7, 11) is 0. The average molecular weight is 440 g/mol. The van der Waals surface area contributed by atoms with Gasteiger partial charge in [0.2, 0.25) is 5.95 Å². The predicted molar refractivity (Wildman–Crippen MR) is 121 cm³/mol. The first-order chi connectivity index (χ1) is 14.7. The van der Waals surface area contributed by atoms with Gasteiger partial charge in [0.15, 0.2) is 5.13 Å². The lowest BCUT2D eigenvalue weighted by Gasteiger charge is -2.08. The van der Waals surface area contributed by atoms with Crippen LogP contribution in [-0.4, -0.2) is 33.4 Å². The van der Waals surface area contributed by atoms with Gasteiger partial charge in [0.05, 0.1) is 12.3 Å². The van der Waals surface area contributed by atoms with Crippen molar-refractivity contribution in [2.24, 2.45) is 5.92 Å². The number of carbonyl (C=O) groups excluding carboxylic acids is 2. The van der Waals surface area contributed by atoms with Crippen molar-refractivity contribution >= 4 is 40.0 Å². The van der Waals surface area contributed by atoms with Crippen LogP contribution in [-0.2, 0) is 4.74 Å². The van der Waals surface area contributed by atoms with E-state index in [0.29, 0.717) is 39.5 Å². The molecular weight excluding hydrogens is 414 g/mol. The summed E-state index contributed by atoms with van der Waals surface area (Å²) in [6, 6.07) is 8.88. The van der Waals surface area contributed by atoms with Gasteiger partial charge in [-0.2, -0.15) is 0 Å². The monoisotopic (exact) mass is 439 g/mol. The van der Waals surface area contributed by atoms with E-state index in [1.54, 1.807) is 25.1 Å². The smallest absolute Gasteiger partial charge is 0.350 e. The molecule has 1 aromatic carbocycles. The third-order valence-electron chi connectivity index (χ3n) is 4.11. The van der Waals surface area contributed by atoms with Crippen molar-refractivity contribution in [2.75, 3.05) is 17.2 Å². The Bertz CT molecular complexity index is 1090. The van der Waals surface area contributed by atoms with Crippen molar-refractivity contribution in [1.29, 1.82) is 0 Å². The van der Waals surface area contributed by atoms with Gasteiger partial charge in [-0.25, -0.2) is 19.7 Å². The number of aromatic nitrogens is 3. The third kappa shape index (κ3) is 6.08. The highest BCUT2D eigenvalue weighted by Crippen LogP contribution is 2.24. The van der Waals surface area contributed by atoms with Gasteiger partial charge in [0, 0.05) is 22.6 Å². The lowest BCUT2D eigenvalue weighted by Crippen LogP contribution is -2.12. The van der Waals surface area contributed by atoms with Gasteiger partial charge in [0.1, 0.15) is 4.88 Å². The maximum Gasteiger partial charge on any atom is 0.350 e. The van der Waals surface area contributed by atoms with Crippen LogP contribution in [0.1, 0.15) is 51.0 Å². The topological polar surface area (TPSA) is 106 Å². The first-order valence-electron chi connectivity index (χ1n) is 9.86. The van der Waals surface area contributed by atoms with Crippen molar-refractivity contribution in [3.8, 4) is 0 Å². The van der Waals surface area contributed by atoms with Crippen LogP contribution in [0.3, 0.4) is 0 Å². The number of carbonyl (C=O) groups is 2. The van der Waals surface area contributed by atoms with E-state index in [-0.39, 0.29) is 11.8 Å². The van der Waals surface area contributed by atoms with Gasteiger partial charge in [-0.3, -0.25) is 10.1 Å². The Morgan fingerprint density at radius 1 is 1.06 bits per heavy atom. The van der Waals surface area contributed by atoms with E-state index < -0.39 is 5.97 Å². The Morgan fingerprint density at radius 3 is 2.45 bits per heavy atom. The van der Waals surface area contributed by atoms with E-state index in [1.165, 1.54) is 0 Å². The average Bonchev–Trinajstić information content (AvgIpc) is 3.05. The molecule has 9 heteroatoms. The number of aryl methyl sites for hydroxylation is 3. The highest BCUT2D eigenvalue weighted by Gasteiger charge is 2.19. The molecule has 0 saturated carbocycles. The molecule has 1 amide bonds. The zero-order chi connectivity index (χ0) is 22.5. The number of hydrogen-bond acceptors (Lipinski definition) is 8. The molecule has 0 saturated heterocycles. The number of rotatable bonds is 7. The molecule has 0 spiro atoms. The molecule has 31 heavy (non-hydrogen) atoms. The largest absolute Gasteiger partial charge is 0.461 e. The molecule has 2 heterocycles. The molecule has 8 nitrogen and oxygen atoms in total. The van der Waals surface area contributed by atoms with E-state index in [4.69, 9.17) is 4.74 Å². The van der Waals surface area contributed by atoms with Gasteiger partial charge in [-0.1, -0.05) is 31.3 Å². The summed E-state index contributed by atoms with van der Waals surface area (Å²) in [5, 5.41) is 6.21. The molecule has 0 unspecified atom stereocenters. The highest BCUT2D eigenvalue weighted by molar-refractivity contribution is 7.17. The summed E-state index contributed by atoms with van der Waals surface area (Å²) in [5.74, 6) is -0.0498. The van der Waals surface area contributed by atoms with Gasteiger partial charge in [0.25, 0.3) is 5.91 Å². The second kappa shape index (κ2) is 9.65. The Balaban J connectivity index is 1.70.